The number of sulfonamides is 1. The Hall–Kier alpha value is -1.71. The summed E-state index contributed by atoms with van der Waals surface area (Å²) in [4.78, 5) is 0.193. The summed E-state index contributed by atoms with van der Waals surface area (Å²) >= 11 is 0. The average molecular weight is 353 g/mol. The lowest BCUT2D eigenvalue weighted by Crippen LogP contribution is -2.41. The second-order valence-corrected chi connectivity index (χ2v) is 8.02. The Balaban J connectivity index is 1.90. The maximum atomic E-state index is 12.8. The number of hydrogen-bond acceptors (Lipinski definition) is 5. The highest BCUT2D eigenvalue weighted by Crippen LogP contribution is 2.38. The van der Waals surface area contributed by atoms with E-state index in [0.29, 0.717) is 25.1 Å². The standard InChI is InChI=1S/C15H23N5O3S/c1-4-20-10(2)14(8-17-20)24(22,23)18-15(11-5-13(21)6-11)12-7-16-19(3)9-12/h7-9,11,13,15,18,21H,4-6H2,1-3H3. The number of aromatic nitrogens is 4. The minimum Gasteiger partial charge on any atom is -0.393 e. The van der Waals surface area contributed by atoms with Gasteiger partial charge in [0, 0.05) is 25.4 Å². The molecule has 1 atom stereocenters. The number of rotatable bonds is 6. The zero-order chi connectivity index (χ0) is 17.5. The fourth-order valence-electron chi connectivity index (χ4n) is 3.18. The molecule has 0 amide bonds. The molecule has 1 unspecified atom stereocenters. The van der Waals surface area contributed by atoms with Gasteiger partial charge in [0.05, 0.1) is 30.2 Å². The highest BCUT2D eigenvalue weighted by molar-refractivity contribution is 7.89. The van der Waals surface area contributed by atoms with Crippen molar-refractivity contribution in [3.63, 3.8) is 0 Å². The molecule has 0 aliphatic heterocycles. The van der Waals surface area contributed by atoms with Crippen LogP contribution in [0.2, 0.25) is 0 Å². The molecule has 132 valence electrons. The molecule has 2 N–H and O–H groups in total. The summed E-state index contributed by atoms with van der Waals surface area (Å²) in [7, 11) is -1.92. The number of nitrogens with one attached hydrogen (secondary N) is 1. The number of hydrogen-bond donors (Lipinski definition) is 2. The minimum atomic E-state index is -3.71. The number of aryl methyl sites for hydroxylation is 2. The number of aliphatic hydroxyl groups is 1. The Kier molecular flexibility index (Phi) is 4.50. The van der Waals surface area contributed by atoms with Crippen molar-refractivity contribution >= 4 is 10.0 Å². The molecule has 2 aromatic heterocycles. The quantitative estimate of drug-likeness (QED) is 0.797. The fourth-order valence-corrected chi connectivity index (χ4v) is 4.65. The topological polar surface area (TPSA) is 102 Å². The van der Waals surface area contributed by atoms with Crippen LogP contribution in [-0.4, -0.2) is 39.2 Å². The average Bonchev–Trinajstić information content (AvgIpc) is 3.08. The molecule has 0 bridgehead atoms. The molecule has 0 saturated heterocycles. The van der Waals surface area contributed by atoms with Gasteiger partial charge in [-0.2, -0.15) is 10.2 Å². The van der Waals surface area contributed by atoms with Gasteiger partial charge in [-0.15, -0.1) is 0 Å². The summed E-state index contributed by atoms with van der Waals surface area (Å²) < 4.78 is 31.8. The van der Waals surface area contributed by atoms with Crippen LogP contribution >= 0.6 is 0 Å². The lowest BCUT2D eigenvalue weighted by atomic mass is 9.76. The Morgan fingerprint density at radius 3 is 2.58 bits per heavy atom. The predicted molar refractivity (Wildman–Crippen MR) is 87.6 cm³/mol. The van der Waals surface area contributed by atoms with Gasteiger partial charge in [0.15, 0.2) is 0 Å². The van der Waals surface area contributed by atoms with E-state index in [1.54, 1.807) is 35.7 Å². The molecule has 24 heavy (non-hydrogen) atoms. The van der Waals surface area contributed by atoms with Crippen LogP contribution in [0, 0.1) is 12.8 Å². The molecule has 0 spiro atoms. The molecule has 1 saturated carbocycles. The van der Waals surface area contributed by atoms with Crippen molar-refractivity contribution in [3.05, 3.63) is 29.8 Å². The van der Waals surface area contributed by atoms with Gasteiger partial charge in [-0.05, 0) is 32.6 Å². The maximum Gasteiger partial charge on any atom is 0.244 e. The van der Waals surface area contributed by atoms with E-state index in [9.17, 15) is 13.5 Å². The molecular formula is C15H23N5O3S. The van der Waals surface area contributed by atoms with Crippen LogP contribution in [0.15, 0.2) is 23.5 Å². The third kappa shape index (κ3) is 3.11. The van der Waals surface area contributed by atoms with E-state index in [1.165, 1.54) is 6.20 Å². The Morgan fingerprint density at radius 2 is 2.08 bits per heavy atom. The van der Waals surface area contributed by atoms with Crippen LogP contribution in [0.3, 0.4) is 0 Å². The molecule has 1 fully saturated rings. The van der Waals surface area contributed by atoms with Crippen LogP contribution in [0.1, 0.15) is 37.1 Å². The van der Waals surface area contributed by atoms with Gasteiger partial charge >= 0.3 is 0 Å². The predicted octanol–water partition coefficient (Wildman–Crippen LogP) is 0.735. The van der Waals surface area contributed by atoms with Crippen LogP contribution < -0.4 is 4.72 Å². The first-order valence-electron chi connectivity index (χ1n) is 8.03. The van der Waals surface area contributed by atoms with Crippen LogP contribution in [0.25, 0.3) is 0 Å². The van der Waals surface area contributed by atoms with Crippen LogP contribution in [0.4, 0.5) is 0 Å². The second-order valence-electron chi connectivity index (χ2n) is 6.34. The largest absolute Gasteiger partial charge is 0.393 e. The summed E-state index contributed by atoms with van der Waals surface area (Å²) in [5.41, 5.74) is 1.42. The monoisotopic (exact) mass is 353 g/mol. The van der Waals surface area contributed by atoms with Crippen molar-refractivity contribution < 1.29 is 13.5 Å². The van der Waals surface area contributed by atoms with Crippen molar-refractivity contribution in [1.82, 2.24) is 24.3 Å². The Labute approximate surface area is 141 Å². The molecular weight excluding hydrogens is 330 g/mol. The molecule has 1 aliphatic rings. The second kappa shape index (κ2) is 6.30. The summed E-state index contributed by atoms with van der Waals surface area (Å²) in [6.45, 7) is 4.28. The third-order valence-corrected chi connectivity index (χ3v) is 6.18. The van der Waals surface area contributed by atoms with E-state index < -0.39 is 16.1 Å². The first-order valence-corrected chi connectivity index (χ1v) is 9.51. The maximum absolute atomic E-state index is 12.8. The lowest BCUT2D eigenvalue weighted by Gasteiger charge is -2.37. The van der Waals surface area contributed by atoms with Gasteiger partial charge < -0.3 is 5.11 Å². The molecule has 1 aliphatic carbocycles. The fraction of sp³-hybridized carbons (Fsp3) is 0.600. The van der Waals surface area contributed by atoms with E-state index in [2.05, 4.69) is 14.9 Å². The molecule has 3 rings (SSSR count). The molecule has 9 heteroatoms. The first-order chi connectivity index (χ1) is 11.3. The van der Waals surface area contributed by atoms with Gasteiger partial charge in [-0.3, -0.25) is 9.36 Å². The van der Waals surface area contributed by atoms with Crippen molar-refractivity contribution in [2.45, 2.75) is 50.3 Å². The van der Waals surface area contributed by atoms with Crippen molar-refractivity contribution in [1.29, 1.82) is 0 Å². The molecule has 8 nitrogen and oxygen atoms in total. The molecule has 0 aromatic carbocycles. The number of nitrogens with zero attached hydrogens (tertiary/aromatic N) is 4. The summed E-state index contributed by atoms with van der Waals surface area (Å²) in [6.07, 6.45) is 5.66. The van der Waals surface area contributed by atoms with Gasteiger partial charge in [0.1, 0.15) is 4.90 Å². The van der Waals surface area contributed by atoms with E-state index in [4.69, 9.17) is 0 Å². The van der Waals surface area contributed by atoms with E-state index in [1.807, 2.05) is 6.92 Å². The van der Waals surface area contributed by atoms with Gasteiger partial charge in [0.2, 0.25) is 10.0 Å². The van der Waals surface area contributed by atoms with Gasteiger partial charge in [-0.25, -0.2) is 13.1 Å². The zero-order valence-corrected chi connectivity index (χ0v) is 14.9. The first kappa shape index (κ1) is 17.1. The van der Waals surface area contributed by atoms with Crippen molar-refractivity contribution in [3.8, 4) is 0 Å². The number of aliphatic hydroxyl groups excluding tert-OH is 1. The highest BCUT2D eigenvalue weighted by Gasteiger charge is 2.38. The van der Waals surface area contributed by atoms with Gasteiger partial charge in [0.25, 0.3) is 0 Å². The third-order valence-electron chi connectivity index (χ3n) is 4.63. The zero-order valence-electron chi connectivity index (χ0n) is 14.0. The van der Waals surface area contributed by atoms with E-state index in [0.717, 1.165) is 5.56 Å². The summed E-state index contributed by atoms with van der Waals surface area (Å²) in [6, 6.07) is -0.406. The van der Waals surface area contributed by atoms with Crippen LogP contribution in [0.5, 0.6) is 0 Å². The summed E-state index contributed by atoms with van der Waals surface area (Å²) in [5.74, 6) is 0.0560. The minimum absolute atomic E-state index is 0.0560. The SMILES string of the molecule is CCn1ncc(S(=O)(=O)NC(c2cnn(C)c2)C2CC(O)C2)c1C. The smallest absolute Gasteiger partial charge is 0.244 e. The van der Waals surface area contributed by atoms with Crippen molar-refractivity contribution in [2.24, 2.45) is 13.0 Å². The lowest BCUT2D eigenvalue weighted by molar-refractivity contribution is 0.0280. The molecule has 2 heterocycles. The Morgan fingerprint density at radius 1 is 1.38 bits per heavy atom. The van der Waals surface area contributed by atoms with Crippen molar-refractivity contribution in [2.75, 3.05) is 0 Å². The normalized spacial score (nSPS) is 22.3. The van der Waals surface area contributed by atoms with E-state index >= 15 is 0 Å². The van der Waals surface area contributed by atoms with Gasteiger partial charge in [-0.1, -0.05) is 0 Å². The van der Waals surface area contributed by atoms with Crippen LogP contribution in [-0.2, 0) is 23.6 Å². The Bertz CT molecular complexity index is 820. The molecule has 0 radical (unpaired) electrons. The highest BCUT2D eigenvalue weighted by atomic mass is 32.2. The molecule has 2 aromatic rings. The van der Waals surface area contributed by atoms with E-state index in [-0.39, 0.29) is 16.9 Å². The summed E-state index contributed by atoms with van der Waals surface area (Å²) in [5, 5.41) is 17.9.